The number of aliphatic hydroxyl groups is 1. The van der Waals surface area contributed by atoms with Crippen molar-refractivity contribution in [1.29, 1.82) is 0 Å². The highest BCUT2D eigenvalue weighted by Crippen LogP contribution is 2.20. The van der Waals surface area contributed by atoms with Crippen LogP contribution in [0.4, 0.5) is 0 Å². The summed E-state index contributed by atoms with van der Waals surface area (Å²) < 4.78 is 0. The van der Waals surface area contributed by atoms with Crippen molar-refractivity contribution < 1.29 is 5.11 Å². The van der Waals surface area contributed by atoms with E-state index in [4.69, 9.17) is 11.6 Å². The Morgan fingerprint density at radius 1 is 1.24 bits per heavy atom. The first-order valence-corrected chi connectivity index (χ1v) is 10.1. The molecule has 0 spiro atoms. The molecule has 1 fully saturated rings. The molecule has 3 rings (SSSR count). The number of rotatable bonds is 7. The highest BCUT2D eigenvalue weighted by molar-refractivity contribution is 7.07. The van der Waals surface area contributed by atoms with Crippen LogP contribution in [0.3, 0.4) is 0 Å². The first kappa shape index (κ1) is 18.6. The van der Waals surface area contributed by atoms with Gasteiger partial charge in [-0.1, -0.05) is 41.9 Å². The molecular weight excluding hydrogens is 352 g/mol. The highest BCUT2D eigenvalue weighted by atomic mass is 35.5. The normalized spacial score (nSPS) is 20.1. The molecule has 0 amide bonds. The maximum Gasteiger partial charge on any atom is 0.0446 e. The van der Waals surface area contributed by atoms with Gasteiger partial charge >= 0.3 is 0 Å². The molecule has 1 aliphatic rings. The number of halogens is 1. The molecule has 2 aromatic rings. The molecule has 134 valence electrons. The minimum absolute atomic E-state index is 0.228. The average molecular weight is 377 g/mol. The van der Waals surface area contributed by atoms with Crippen molar-refractivity contribution in [2.24, 2.45) is 0 Å². The number of aliphatic hydroxyl groups excluding tert-OH is 1. The van der Waals surface area contributed by atoms with E-state index in [1.165, 1.54) is 5.56 Å². The summed E-state index contributed by atoms with van der Waals surface area (Å²) in [6, 6.07) is 12.8. The Hall–Kier alpha value is -1.17. The number of nitrogens with zero attached hydrogens (tertiary/aromatic N) is 2. The standard InChI is InChI=1S/C20H25ClN2OS/c21-19(12-17-4-2-1-3-5-17)14-22-8-9-23(20(15-22)6-10-24)13-18-7-11-25-16-18/h1-5,7,11-12,16,20,24H,6,8-10,13-15H2. The van der Waals surface area contributed by atoms with Gasteiger partial charge in [-0.2, -0.15) is 11.3 Å². The van der Waals surface area contributed by atoms with E-state index >= 15 is 0 Å². The fourth-order valence-electron chi connectivity index (χ4n) is 3.34. The van der Waals surface area contributed by atoms with Gasteiger partial charge in [-0.25, -0.2) is 0 Å². The van der Waals surface area contributed by atoms with Gasteiger partial charge in [0.1, 0.15) is 0 Å². The molecule has 0 saturated carbocycles. The van der Waals surface area contributed by atoms with Gasteiger partial charge in [-0.05, 0) is 40.5 Å². The molecule has 1 unspecified atom stereocenters. The Morgan fingerprint density at radius 3 is 2.80 bits per heavy atom. The van der Waals surface area contributed by atoms with Crippen molar-refractivity contribution in [1.82, 2.24) is 9.80 Å². The Bertz CT molecular complexity index is 660. The number of hydrogen-bond acceptors (Lipinski definition) is 4. The SMILES string of the molecule is OCCC1CN(CC(Cl)=Cc2ccccc2)CCN1Cc1ccsc1. The second-order valence-corrected chi connectivity index (χ2v) is 7.77. The summed E-state index contributed by atoms with van der Waals surface area (Å²) in [7, 11) is 0. The van der Waals surface area contributed by atoms with Crippen LogP contribution in [0.2, 0.25) is 0 Å². The van der Waals surface area contributed by atoms with E-state index in [1.54, 1.807) is 11.3 Å². The molecule has 1 atom stereocenters. The van der Waals surface area contributed by atoms with Gasteiger partial charge < -0.3 is 5.11 Å². The predicted molar refractivity (Wildman–Crippen MR) is 107 cm³/mol. The van der Waals surface area contributed by atoms with Crippen LogP contribution in [0.1, 0.15) is 17.5 Å². The molecule has 5 heteroatoms. The van der Waals surface area contributed by atoms with Crippen molar-refractivity contribution in [3.8, 4) is 0 Å². The Morgan fingerprint density at radius 2 is 2.08 bits per heavy atom. The molecule has 3 nitrogen and oxygen atoms in total. The lowest BCUT2D eigenvalue weighted by molar-refractivity contribution is 0.0593. The first-order chi connectivity index (χ1) is 12.2. The molecule has 0 bridgehead atoms. The Labute approximate surface area is 159 Å². The zero-order valence-corrected chi connectivity index (χ0v) is 15.9. The number of hydrogen-bond donors (Lipinski definition) is 1. The lowest BCUT2D eigenvalue weighted by Crippen LogP contribution is -2.53. The lowest BCUT2D eigenvalue weighted by atomic mass is 10.1. The molecule has 25 heavy (non-hydrogen) atoms. The summed E-state index contributed by atoms with van der Waals surface area (Å²) in [6.07, 6.45) is 2.85. The van der Waals surface area contributed by atoms with Gasteiger partial charge in [0.2, 0.25) is 0 Å². The Kier molecular flexibility index (Phi) is 7.08. The van der Waals surface area contributed by atoms with Crippen molar-refractivity contribution >= 4 is 29.0 Å². The van der Waals surface area contributed by atoms with Gasteiger partial charge in [0.15, 0.2) is 0 Å². The summed E-state index contributed by atoms with van der Waals surface area (Å²) >= 11 is 8.22. The second kappa shape index (κ2) is 9.51. The van der Waals surface area contributed by atoms with Crippen molar-refractivity contribution in [3.05, 3.63) is 63.3 Å². The predicted octanol–water partition coefficient (Wildman–Crippen LogP) is 3.90. The summed E-state index contributed by atoms with van der Waals surface area (Å²) in [5.74, 6) is 0. The van der Waals surface area contributed by atoms with Crippen molar-refractivity contribution in [3.63, 3.8) is 0 Å². The zero-order valence-electron chi connectivity index (χ0n) is 14.4. The van der Waals surface area contributed by atoms with Gasteiger partial charge in [0, 0.05) is 50.4 Å². The third-order valence-corrected chi connectivity index (χ3v) is 5.58. The minimum atomic E-state index is 0.228. The van der Waals surface area contributed by atoms with E-state index in [0.29, 0.717) is 6.04 Å². The molecule has 1 aromatic heterocycles. The number of thiophene rings is 1. The molecule has 1 aliphatic heterocycles. The van der Waals surface area contributed by atoms with Gasteiger partial charge in [0.05, 0.1) is 0 Å². The first-order valence-electron chi connectivity index (χ1n) is 8.74. The summed E-state index contributed by atoms with van der Waals surface area (Å²) in [4.78, 5) is 4.88. The quantitative estimate of drug-likeness (QED) is 0.794. The van der Waals surface area contributed by atoms with Crippen LogP contribution in [-0.2, 0) is 6.54 Å². The minimum Gasteiger partial charge on any atom is -0.396 e. The summed E-state index contributed by atoms with van der Waals surface area (Å²) in [5, 5.41) is 14.6. The van der Waals surface area contributed by atoms with Crippen LogP contribution in [0, 0.1) is 0 Å². The van der Waals surface area contributed by atoms with Crippen molar-refractivity contribution in [2.45, 2.75) is 19.0 Å². The monoisotopic (exact) mass is 376 g/mol. The van der Waals surface area contributed by atoms with E-state index in [1.807, 2.05) is 24.3 Å². The molecule has 1 saturated heterocycles. The average Bonchev–Trinajstić information content (AvgIpc) is 3.11. The van der Waals surface area contributed by atoms with E-state index in [2.05, 4.69) is 38.8 Å². The fraction of sp³-hybridized carbons (Fsp3) is 0.400. The van der Waals surface area contributed by atoms with Gasteiger partial charge in [-0.3, -0.25) is 9.80 Å². The van der Waals surface area contributed by atoms with Gasteiger partial charge in [0.25, 0.3) is 0 Å². The topological polar surface area (TPSA) is 26.7 Å². The van der Waals surface area contributed by atoms with Crippen LogP contribution in [0.25, 0.3) is 6.08 Å². The maximum atomic E-state index is 9.44. The van der Waals surface area contributed by atoms with Crippen LogP contribution < -0.4 is 0 Å². The summed E-state index contributed by atoms with van der Waals surface area (Å²) in [6.45, 7) is 4.93. The molecule has 0 radical (unpaired) electrons. The van der Waals surface area contributed by atoms with E-state index < -0.39 is 0 Å². The maximum absolute atomic E-state index is 9.44. The van der Waals surface area contributed by atoms with E-state index in [9.17, 15) is 5.11 Å². The third kappa shape index (κ3) is 5.66. The highest BCUT2D eigenvalue weighted by Gasteiger charge is 2.26. The summed E-state index contributed by atoms with van der Waals surface area (Å²) in [5.41, 5.74) is 2.50. The van der Waals surface area contributed by atoms with Gasteiger partial charge in [-0.15, -0.1) is 0 Å². The molecule has 0 aliphatic carbocycles. The number of piperazine rings is 1. The van der Waals surface area contributed by atoms with E-state index in [0.717, 1.165) is 49.7 Å². The lowest BCUT2D eigenvalue weighted by Gasteiger charge is -2.41. The van der Waals surface area contributed by atoms with Crippen LogP contribution >= 0.6 is 22.9 Å². The van der Waals surface area contributed by atoms with Crippen LogP contribution in [-0.4, -0.2) is 53.7 Å². The second-order valence-electron chi connectivity index (χ2n) is 6.51. The third-order valence-electron chi connectivity index (χ3n) is 4.61. The number of benzene rings is 1. The molecular formula is C20H25ClN2OS. The van der Waals surface area contributed by atoms with Crippen LogP contribution in [0.5, 0.6) is 0 Å². The van der Waals surface area contributed by atoms with Crippen LogP contribution in [0.15, 0.2) is 52.2 Å². The largest absolute Gasteiger partial charge is 0.396 e. The van der Waals surface area contributed by atoms with Crippen molar-refractivity contribution in [2.75, 3.05) is 32.8 Å². The Balaban J connectivity index is 1.58. The fourth-order valence-corrected chi connectivity index (χ4v) is 4.29. The molecule has 1 N–H and O–H groups in total. The smallest absolute Gasteiger partial charge is 0.0446 e. The molecule has 1 aromatic carbocycles. The zero-order chi connectivity index (χ0) is 17.5. The van der Waals surface area contributed by atoms with E-state index in [-0.39, 0.29) is 6.61 Å². The molecule has 2 heterocycles.